The van der Waals surface area contributed by atoms with E-state index in [9.17, 15) is 33.4 Å². The lowest BCUT2D eigenvalue weighted by Crippen LogP contribution is -2.39. The molecule has 3 rings (SSSR count). The molecule has 180 valence electrons. The quantitative estimate of drug-likeness (QED) is 0.168. The maximum Gasteiger partial charge on any atom is 0.490 e. The molecule has 3 heterocycles. The zero-order chi connectivity index (χ0) is 24.3. The van der Waals surface area contributed by atoms with E-state index in [1.54, 1.807) is 0 Å². The maximum absolute atomic E-state index is 12.0. The molecule has 0 amide bonds. The number of H-pyrrole nitrogens is 1. The van der Waals surface area contributed by atoms with E-state index in [-0.39, 0.29) is 17.1 Å². The minimum atomic E-state index is -5.80. The topological polar surface area (TPSA) is 279 Å². The van der Waals surface area contributed by atoms with Gasteiger partial charge in [-0.25, -0.2) is 18.7 Å². The third-order valence-corrected chi connectivity index (χ3v) is 8.15. The summed E-state index contributed by atoms with van der Waals surface area (Å²) in [6, 6.07) is 0. The van der Waals surface area contributed by atoms with Gasteiger partial charge in [0.05, 0.1) is 6.33 Å². The highest BCUT2D eigenvalue weighted by Crippen LogP contribution is 2.67. The smallest absolute Gasteiger partial charge is 0.386 e. The van der Waals surface area contributed by atoms with Crippen LogP contribution >= 0.6 is 35.1 Å². The Labute approximate surface area is 181 Å². The van der Waals surface area contributed by atoms with Crippen molar-refractivity contribution in [3.63, 3.8) is 0 Å². The molecule has 0 radical (unpaired) electrons. The van der Waals surface area contributed by atoms with E-state index in [0.717, 1.165) is 10.9 Å². The zero-order valence-corrected chi connectivity index (χ0v) is 18.9. The van der Waals surface area contributed by atoms with Gasteiger partial charge in [-0.3, -0.25) is 18.9 Å². The number of aromatic amines is 1. The molecule has 1 aliphatic rings. The summed E-state index contributed by atoms with van der Waals surface area (Å²) in [5.74, 6) is -0.288. The minimum absolute atomic E-state index is 0.130. The first-order valence-corrected chi connectivity index (χ1v) is 12.9. The van der Waals surface area contributed by atoms with Crippen molar-refractivity contribution in [3.05, 3.63) is 16.7 Å². The number of hydrogen-bond acceptors (Lipinski definition) is 12. The fourth-order valence-electron chi connectivity index (χ4n) is 2.71. The van der Waals surface area contributed by atoms with Crippen LogP contribution in [-0.2, 0) is 31.6 Å². The fraction of sp³-hybridized carbons (Fsp3) is 0.500. The Morgan fingerprint density at radius 1 is 1.25 bits per heavy atom. The summed E-state index contributed by atoms with van der Waals surface area (Å²) in [4.78, 5) is 56.0. The molecule has 0 aliphatic carbocycles. The van der Waals surface area contributed by atoms with Crippen LogP contribution in [0.15, 0.2) is 11.1 Å². The van der Waals surface area contributed by atoms with Gasteiger partial charge >= 0.3 is 23.5 Å². The van der Waals surface area contributed by atoms with Gasteiger partial charge in [-0.1, -0.05) is 0 Å². The lowest BCUT2D eigenvalue weighted by molar-refractivity contribution is -0.133. The Morgan fingerprint density at radius 3 is 2.47 bits per heavy atom. The number of rotatable bonds is 7. The van der Waals surface area contributed by atoms with Gasteiger partial charge < -0.3 is 35.2 Å². The summed E-state index contributed by atoms with van der Waals surface area (Å²) >= 11 is 6.31. The van der Waals surface area contributed by atoms with Crippen LogP contribution in [-0.4, -0.2) is 61.5 Å². The predicted molar refractivity (Wildman–Crippen MR) is 102 cm³/mol. The highest BCUT2D eigenvalue weighted by atomic mass is 35.5. The van der Waals surface area contributed by atoms with Crippen LogP contribution in [0, 0.1) is 0 Å². The van der Waals surface area contributed by atoms with Crippen LogP contribution in [0.4, 0.5) is 5.95 Å². The van der Waals surface area contributed by atoms with Gasteiger partial charge in [0.25, 0.3) is 5.56 Å². The summed E-state index contributed by atoms with van der Waals surface area (Å²) in [5.41, 5.74) is 4.49. The summed E-state index contributed by atoms with van der Waals surface area (Å²) in [6.07, 6.45) is -4.39. The number of nitrogens with one attached hydrogen (secondary N) is 1. The number of nitrogens with zero attached hydrogens (tertiary/aromatic N) is 3. The standard InChI is InChI=1S/C10H15ClN5O13P3/c1-10(11)4(17)7(27-31(22,23)29-32(24,25)28-30(19,20)21)26-8(10)16-2-13-3-5(16)14-9(12)15-6(3)18/h2,4,7-8,17H,1H3,(H,22,23)(H,24,25)(H2,19,20,21)(H3,12,14,15,18)/t4-,7?,8-,10-/m1/s1. The third kappa shape index (κ3) is 5.29. The molecule has 0 saturated carbocycles. The van der Waals surface area contributed by atoms with Crippen molar-refractivity contribution in [2.45, 2.75) is 30.4 Å². The average molecular weight is 542 g/mol. The van der Waals surface area contributed by atoms with Crippen molar-refractivity contribution in [2.24, 2.45) is 0 Å². The molecule has 1 fully saturated rings. The summed E-state index contributed by atoms with van der Waals surface area (Å²) in [6.45, 7) is 1.21. The van der Waals surface area contributed by atoms with E-state index >= 15 is 0 Å². The molecule has 0 bridgehead atoms. The SMILES string of the molecule is C[C@@]1(Cl)[C@H](O)C(OP(=O)(O)OP(=O)(O)OP(=O)(O)O)O[C@H]1n1cnc2c(=O)[nH]c(N)nc21. The summed E-state index contributed by atoms with van der Waals surface area (Å²) in [5, 5.41) is 10.4. The van der Waals surface area contributed by atoms with Crippen molar-refractivity contribution in [3.8, 4) is 0 Å². The van der Waals surface area contributed by atoms with E-state index in [2.05, 4.69) is 28.1 Å². The number of aliphatic hydroxyl groups excluding tert-OH is 1. The van der Waals surface area contributed by atoms with Crippen molar-refractivity contribution in [1.29, 1.82) is 0 Å². The number of nitrogen functional groups attached to an aromatic ring is 1. The first-order chi connectivity index (χ1) is 14.4. The van der Waals surface area contributed by atoms with Crippen LogP contribution in [0.1, 0.15) is 13.2 Å². The summed E-state index contributed by atoms with van der Waals surface area (Å²) < 4.78 is 52.3. The highest BCUT2D eigenvalue weighted by Gasteiger charge is 2.57. The molecular weight excluding hydrogens is 527 g/mol. The molecule has 6 atom stereocenters. The Balaban J connectivity index is 1.87. The molecular formula is C10H15ClN5O13P3. The largest absolute Gasteiger partial charge is 0.490 e. The zero-order valence-electron chi connectivity index (χ0n) is 15.5. The highest BCUT2D eigenvalue weighted by molar-refractivity contribution is 7.66. The molecule has 0 spiro atoms. The van der Waals surface area contributed by atoms with Gasteiger partial charge in [-0.05, 0) is 6.92 Å². The molecule has 1 saturated heterocycles. The number of nitrogens with two attached hydrogens (primary N) is 1. The van der Waals surface area contributed by atoms with Gasteiger partial charge in [0, 0.05) is 0 Å². The predicted octanol–water partition coefficient (Wildman–Crippen LogP) is -0.742. The Hall–Kier alpha value is -1.23. The Kier molecular flexibility index (Phi) is 6.52. The van der Waals surface area contributed by atoms with Gasteiger partial charge in [-0.15, -0.1) is 11.6 Å². The van der Waals surface area contributed by atoms with Gasteiger partial charge in [0.1, 0.15) is 11.0 Å². The number of aromatic nitrogens is 4. The second-order valence-corrected chi connectivity index (χ2v) is 11.6. The van der Waals surface area contributed by atoms with Gasteiger partial charge in [0.15, 0.2) is 23.7 Å². The van der Waals surface area contributed by atoms with Crippen molar-refractivity contribution >= 4 is 52.2 Å². The van der Waals surface area contributed by atoms with Gasteiger partial charge in [-0.2, -0.15) is 13.6 Å². The normalized spacial score (nSPS) is 30.3. The second kappa shape index (κ2) is 8.21. The van der Waals surface area contributed by atoms with Crippen LogP contribution in [0.25, 0.3) is 11.2 Å². The number of aliphatic hydroxyl groups is 1. The summed E-state index contributed by atoms with van der Waals surface area (Å²) in [7, 11) is -17.1. The van der Waals surface area contributed by atoms with E-state index < -0.39 is 52.5 Å². The molecule has 1 aliphatic heterocycles. The molecule has 3 unspecified atom stereocenters. The first kappa shape index (κ1) is 25.4. The number of phosphoric ester groups is 1. The van der Waals surface area contributed by atoms with Crippen molar-refractivity contribution < 1.29 is 56.3 Å². The maximum atomic E-state index is 12.0. The lowest BCUT2D eigenvalue weighted by Gasteiger charge is -2.25. The number of imidazole rings is 1. The monoisotopic (exact) mass is 541 g/mol. The minimum Gasteiger partial charge on any atom is -0.386 e. The van der Waals surface area contributed by atoms with Crippen LogP contribution in [0.3, 0.4) is 0 Å². The van der Waals surface area contributed by atoms with E-state index in [0.29, 0.717) is 0 Å². The first-order valence-electron chi connectivity index (χ1n) is 7.99. The van der Waals surface area contributed by atoms with Crippen LogP contribution in [0.2, 0.25) is 0 Å². The molecule has 2 aromatic heterocycles. The van der Waals surface area contributed by atoms with Crippen LogP contribution < -0.4 is 11.3 Å². The number of hydrogen-bond donors (Lipinski definition) is 7. The second-order valence-electron chi connectivity index (χ2n) is 6.42. The average Bonchev–Trinajstić information content (AvgIpc) is 3.05. The molecule has 8 N–H and O–H groups in total. The third-order valence-electron chi connectivity index (χ3n) is 3.94. The van der Waals surface area contributed by atoms with Crippen molar-refractivity contribution in [2.75, 3.05) is 5.73 Å². The number of phosphoric acid groups is 3. The molecule has 22 heteroatoms. The lowest BCUT2D eigenvalue weighted by atomic mass is 10.0. The molecule has 2 aromatic rings. The fourth-order valence-corrected chi connectivity index (χ4v) is 6.06. The van der Waals surface area contributed by atoms with Gasteiger partial charge in [0.2, 0.25) is 5.95 Å². The van der Waals surface area contributed by atoms with Crippen LogP contribution in [0.5, 0.6) is 0 Å². The number of ether oxygens (including phenoxy) is 1. The molecule has 32 heavy (non-hydrogen) atoms. The van der Waals surface area contributed by atoms with Crippen molar-refractivity contribution in [1.82, 2.24) is 19.5 Å². The van der Waals surface area contributed by atoms with E-state index in [1.807, 2.05) is 0 Å². The van der Waals surface area contributed by atoms with E-state index in [4.69, 9.17) is 31.9 Å². The number of alkyl halides is 1. The Bertz CT molecular complexity index is 1240. The Morgan fingerprint density at radius 2 is 1.88 bits per heavy atom. The number of halogens is 1. The number of anilines is 1. The van der Waals surface area contributed by atoms with E-state index in [1.165, 1.54) is 6.92 Å². The number of fused-ring (bicyclic) bond motifs is 1. The molecule has 18 nitrogen and oxygen atoms in total. The molecule has 0 aromatic carbocycles.